The Kier molecular flexibility index (Phi) is 7.30. The van der Waals surface area contributed by atoms with Crippen LogP contribution in [0, 0.1) is 11.8 Å². The van der Waals surface area contributed by atoms with Crippen molar-refractivity contribution >= 4 is 0 Å². The molecular formula is C15H28F3NO. The molecule has 0 aromatic rings. The first-order valence-corrected chi connectivity index (χ1v) is 7.82. The van der Waals surface area contributed by atoms with Gasteiger partial charge in [-0.15, -0.1) is 0 Å². The molecular weight excluding hydrogens is 267 g/mol. The van der Waals surface area contributed by atoms with Crippen LogP contribution >= 0.6 is 0 Å². The van der Waals surface area contributed by atoms with Gasteiger partial charge in [0.2, 0.25) is 0 Å². The molecule has 1 aliphatic rings. The Morgan fingerprint density at radius 1 is 1.15 bits per heavy atom. The smallest absolute Gasteiger partial charge is 0.393 e. The van der Waals surface area contributed by atoms with E-state index in [1.165, 1.54) is 4.90 Å². The first-order valence-electron chi connectivity index (χ1n) is 7.82. The molecule has 1 aliphatic carbocycles. The first-order chi connectivity index (χ1) is 9.35. The van der Waals surface area contributed by atoms with Crippen LogP contribution in [0.1, 0.15) is 52.4 Å². The third-order valence-corrected chi connectivity index (χ3v) is 4.18. The van der Waals surface area contributed by atoms with Gasteiger partial charge >= 0.3 is 6.18 Å². The Balaban J connectivity index is 2.55. The fraction of sp³-hybridized carbons (Fsp3) is 1.00. The Labute approximate surface area is 120 Å². The van der Waals surface area contributed by atoms with Crippen molar-refractivity contribution < 1.29 is 18.3 Å². The molecule has 1 N–H and O–H groups in total. The molecule has 1 saturated carbocycles. The number of halogens is 3. The van der Waals surface area contributed by atoms with E-state index in [-0.39, 0.29) is 5.92 Å². The van der Waals surface area contributed by atoms with Crippen LogP contribution in [0.5, 0.6) is 0 Å². The summed E-state index contributed by atoms with van der Waals surface area (Å²) in [5, 5.41) is 10.1. The highest BCUT2D eigenvalue weighted by atomic mass is 19.4. The van der Waals surface area contributed by atoms with Crippen molar-refractivity contribution in [3.63, 3.8) is 0 Å². The molecule has 20 heavy (non-hydrogen) atoms. The average molecular weight is 295 g/mol. The Hall–Kier alpha value is -0.290. The van der Waals surface area contributed by atoms with Gasteiger partial charge in [-0.2, -0.15) is 13.2 Å². The predicted molar refractivity (Wildman–Crippen MR) is 74.5 cm³/mol. The summed E-state index contributed by atoms with van der Waals surface area (Å²) >= 11 is 0. The maximum atomic E-state index is 12.6. The van der Waals surface area contributed by atoms with E-state index in [1.54, 1.807) is 0 Å². The second-order valence-corrected chi connectivity index (χ2v) is 6.15. The molecule has 5 heteroatoms. The van der Waals surface area contributed by atoms with E-state index in [4.69, 9.17) is 0 Å². The molecule has 0 aliphatic heterocycles. The number of aliphatic hydroxyl groups is 1. The highest BCUT2D eigenvalue weighted by Gasteiger charge is 2.34. The van der Waals surface area contributed by atoms with Crippen LogP contribution in [-0.2, 0) is 0 Å². The van der Waals surface area contributed by atoms with E-state index < -0.39 is 18.8 Å². The fourth-order valence-electron chi connectivity index (χ4n) is 3.35. The number of hydrogen-bond donors (Lipinski definition) is 1. The van der Waals surface area contributed by atoms with Crippen LogP contribution in [0.25, 0.3) is 0 Å². The topological polar surface area (TPSA) is 23.5 Å². The van der Waals surface area contributed by atoms with Crippen molar-refractivity contribution in [1.82, 2.24) is 4.90 Å². The van der Waals surface area contributed by atoms with Crippen molar-refractivity contribution in [3.05, 3.63) is 0 Å². The van der Waals surface area contributed by atoms with E-state index in [0.717, 1.165) is 32.1 Å². The van der Waals surface area contributed by atoms with Gasteiger partial charge in [-0.3, -0.25) is 4.90 Å². The molecule has 0 heterocycles. The lowest BCUT2D eigenvalue weighted by molar-refractivity contribution is -0.149. The average Bonchev–Trinajstić information content (AvgIpc) is 2.32. The number of nitrogens with zero attached hydrogens (tertiary/aromatic N) is 1. The maximum absolute atomic E-state index is 12.6. The summed E-state index contributed by atoms with van der Waals surface area (Å²) in [7, 11) is 0. The summed E-state index contributed by atoms with van der Waals surface area (Å²) in [5.41, 5.74) is 0. The van der Waals surface area contributed by atoms with Crippen molar-refractivity contribution in [1.29, 1.82) is 0 Å². The lowest BCUT2D eigenvalue weighted by Gasteiger charge is -2.36. The molecule has 0 spiro atoms. The maximum Gasteiger partial charge on any atom is 0.401 e. The fourth-order valence-corrected chi connectivity index (χ4v) is 3.35. The van der Waals surface area contributed by atoms with Crippen LogP contribution in [0.2, 0.25) is 0 Å². The second kappa shape index (κ2) is 8.23. The minimum atomic E-state index is -4.16. The molecule has 3 unspecified atom stereocenters. The second-order valence-electron chi connectivity index (χ2n) is 6.15. The van der Waals surface area contributed by atoms with Gasteiger partial charge < -0.3 is 5.11 Å². The minimum Gasteiger partial charge on any atom is -0.393 e. The monoisotopic (exact) mass is 295 g/mol. The Bertz CT molecular complexity index is 270. The summed E-state index contributed by atoms with van der Waals surface area (Å²) in [6.45, 7) is 3.98. The predicted octanol–water partition coefficient (Wildman–Crippen LogP) is 3.84. The Morgan fingerprint density at radius 3 is 2.40 bits per heavy atom. The lowest BCUT2D eigenvalue weighted by atomic mass is 9.77. The standard InChI is InChI=1S/C15H28F3NO/c1-3-5-12-6-7-14(20)13(9-12)10-19(8-4-2)11-15(16,17)18/h12-14,20H,3-11H2,1-2H3. The molecule has 0 aromatic heterocycles. The van der Waals surface area contributed by atoms with E-state index in [2.05, 4.69) is 6.92 Å². The summed E-state index contributed by atoms with van der Waals surface area (Å²) in [6, 6.07) is 0. The van der Waals surface area contributed by atoms with Gasteiger partial charge in [-0.1, -0.05) is 26.7 Å². The summed E-state index contributed by atoms with van der Waals surface area (Å²) in [5.74, 6) is 0.567. The zero-order chi connectivity index (χ0) is 15.2. The van der Waals surface area contributed by atoms with Gasteiger partial charge in [-0.25, -0.2) is 0 Å². The molecule has 0 saturated heterocycles. The first kappa shape index (κ1) is 17.8. The quantitative estimate of drug-likeness (QED) is 0.771. The third kappa shape index (κ3) is 6.44. The zero-order valence-electron chi connectivity index (χ0n) is 12.6. The van der Waals surface area contributed by atoms with Crippen molar-refractivity contribution in [3.8, 4) is 0 Å². The van der Waals surface area contributed by atoms with E-state index >= 15 is 0 Å². The Morgan fingerprint density at radius 2 is 1.85 bits per heavy atom. The van der Waals surface area contributed by atoms with Gasteiger partial charge in [0.15, 0.2) is 0 Å². The molecule has 0 aromatic carbocycles. The molecule has 3 atom stereocenters. The number of rotatable bonds is 7. The van der Waals surface area contributed by atoms with Gasteiger partial charge in [0.05, 0.1) is 12.6 Å². The van der Waals surface area contributed by atoms with Crippen molar-refractivity contribution in [2.75, 3.05) is 19.6 Å². The number of aliphatic hydroxyl groups excluding tert-OH is 1. The van der Waals surface area contributed by atoms with Crippen LogP contribution in [0.15, 0.2) is 0 Å². The highest BCUT2D eigenvalue weighted by molar-refractivity contribution is 4.82. The largest absolute Gasteiger partial charge is 0.401 e. The number of hydrogen-bond acceptors (Lipinski definition) is 2. The highest BCUT2D eigenvalue weighted by Crippen LogP contribution is 2.33. The van der Waals surface area contributed by atoms with Crippen LogP contribution in [-0.4, -0.2) is 41.9 Å². The van der Waals surface area contributed by atoms with Crippen molar-refractivity contribution in [2.45, 2.75) is 64.7 Å². The molecule has 120 valence electrons. The zero-order valence-corrected chi connectivity index (χ0v) is 12.6. The SMILES string of the molecule is CCCC1CCC(O)C(CN(CCC)CC(F)(F)F)C1. The third-order valence-electron chi connectivity index (χ3n) is 4.18. The minimum absolute atomic E-state index is 0.00537. The van der Waals surface area contributed by atoms with Gasteiger partial charge in [0, 0.05) is 6.54 Å². The van der Waals surface area contributed by atoms with Crippen LogP contribution in [0.4, 0.5) is 13.2 Å². The molecule has 1 fully saturated rings. The van der Waals surface area contributed by atoms with Crippen LogP contribution < -0.4 is 0 Å². The normalized spacial score (nSPS) is 28.1. The summed E-state index contributed by atoms with van der Waals surface area (Å²) in [6.07, 6.45) is 0.961. The number of alkyl halides is 3. The van der Waals surface area contributed by atoms with E-state index in [1.807, 2.05) is 6.92 Å². The van der Waals surface area contributed by atoms with E-state index in [0.29, 0.717) is 25.4 Å². The summed E-state index contributed by atoms with van der Waals surface area (Å²) < 4.78 is 37.7. The molecule has 0 amide bonds. The van der Waals surface area contributed by atoms with Gasteiger partial charge in [-0.05, 0) is 44.1 Å². The van der Waals surface area contributed by atoms with Gasteiger partial charge in [0.1, 0.15) is 0 Å². The molecule has 0 radical (unpaired) electrons. The molecule has 2 nitrogen and oxygen atoms in total. The summed E-state index contributed by atoms with van der Waals surface area (Å²) in [4.78, 5) is 1.46. The lowest BCUT2D eigenvalue weighted by Crippen LogP contribution is -2.43. The van der Waals surface area contributed by atoms with E-state index in [9.17, 15) is 18.3 Å². The molecule has 0 bridgehead atoms. The van der Waals surface area contributed by atoms with Crippen molar-refractivity contribution in [2.24, 2.45) is 11.8 Å². The van der Waals surface area contributed by atoms with Gasteiger partial charge in [0.25, 0.3) is 0 Å². The van der Waals surface area contributed by atoms with Crippen LogP contribution in [0.3, 0.4) is 0 Å². The molecule has 1 rings (SSSR count).